The van der Waals surface area contributed by atoms with Gasteiger partial charge in [0, 0.05) is 0 Å². The van der Waals surface area contributed by atoms with Crippen LogP contribution in [0.1, 0.15) is 0 Å². The van der Waals surface area contributed by atoms with E-state index in [9.17, 15) is 0 Å². The Morgan fingerprint density at radius 1 is 0.333 bits per heavy atom. The molecule has 0 unspecified atom stereocenters. The molecule has 4 N–H and O–H groups in total. The fraction of sp³-hybridized carbons (Fsp3) is 1.00. The predicted octanol–water partition coefficient (Wildman–Crippen LogP) is -1.15. The minimum Gasteiger partial charge on any atom is -0.377 e. The van der Waals surface area contributed by atoms with Gasteiger partial charge < -0.3 is 33.4 Å². The van der Waals surface area contributed by atoms with E-state index in [1.807, 2.05) is 0 Å². The van der Waals surface area contributed by atoms with Gasteiger partial charge in [-0.25, -0.2) is 11.8 Å². The summed E-state index contributed by atoms with van der Waals surface area (Å²) in [6.07, 6.45) is 0. The van der Waals surface area contributed by atoms with E-state index in [2.05, 4.69) is 9.68 Å². The summed E-state index contributed by atoms with van der Waals surface area (Å²) in [5.41, 5.74) is 0. The second kappa shape index (κ2) is 19.6. The van der Waals surface area contributed by atoms with E-state index in [0.29, 0.717) is 79.3 Å². The molecule has 0 bridgehead atoms. The Hall–Kier alpha value is -0.360. The van der Waals surface area contributed by atoms with Crippen molar-refractivity contribution in [1.82, 2.24) is 0 Å². The van der Waals surface area contributed by atoms with Crippen molar-refractivity contribution in [2.75, 3.05) is 79.3 Å². The number of hydrogen-bond donors (Lipinski definition) is 2. The molecule has 0 aliphatic carbocycles. The molecule has 128 valence electrons. The van der Waals surface area contributed by atoms with E-state index in [4.69, 9.17) is 35.5 Å². The zero-order valence-electron chi connectivity index (χ0n) is 12.5. The van der Waals surface area contributed by atoms with Crippen molar-refractivity contribution in [2.24, 2.45) is 11.8 Å². The topological polar surface area (TPSA) is 117 Å². The maximum Gasteiger partial charge on any atom is 0.0913 e. The Morgan fingerprint density at radius 3 is 0.714 bits per heavy atom. The highest BCUT2D eigenvalue weighted by molar-refractivity contribution is 4.36. The molecule has 9 nitrogen and oxygen atoms in total. The van der Waals surface area contributed by atoms with Gasteiger partial charge in [-0.05, 0) is 0 Å². The second-order valence-corrected chi connectivity index (χ2v) is 3.80. The van der Waals surface area contributed by atoms with Gasteiger partial charge in [-0.2, -0.15) is 0 Å². The van der Waals surface area contributed by atoms with Gasteiger partial charge in [-0.15, -0.1) is 0 Å². The normalized spacial score (nSPS) is 11.1. The summed E-state index contributed by atoms with van der Waals surface area (Å²) in [6, 6.07) is 0. The summed E-state index contributed by atoms with van der Waals surface area (Å²) < 4.78 is 26.2. The van der Waals surface area contributed by atoms with Crippen LogP contribution in [0.3, 0.4) is 0 Å². The predicted molar refractivity (Wildman–Crippen MR) is 74.4 cm³/mol. The Balaban J connectivity index is 2.90. The maximum absolute atomic E-state index is 5.32. The van der Waals surface area contributed by atoms with Gasteiger partial charge in [0.25, 0.3) is 0 Å². The average Bonchev–Trinajstić information content (AvgIpc) is 2.50. The van der Waals surface area contributed by atoms with Crippen LogP contribution in [0.2, 0.25) is 0 Å². The first-order valence-electron chi connectivity index (χ1n) is 6.94. The molecule has 21 heavy (non-hydrogen) atoms. The molecule has 9 heteroatoms. The zero-order valence-corrected chi connectivity index (χ0v) is 12.5. The average molecular weight is 312 g/mol. The number of rotatable bonds is 18. The molecule has 0 saturated heterocycles. The van der Waals surface area contributed by atoms with Crippen LogP contribution < -0.4 is 11.8 Å². The fourth-order valence-electron chi connectivity index (χ4n) is 1.20. The van der Waals surface area contributed by atoms with E-state index in [1.165, 1.54) is 0 Å². The van der Waals surface area contributed by atoms with Gasteiger partial charge in [0.2, 0.25) is 0 Å². The van der Waals surface area contributed by atoms with Crippen LogP contribution in [0.25, 0.3) is 0 Å². The highest BCUT2D eigenvalue weighted by atomic mass is 16.6. The van der Waals surface area contributed by atoms with Gasteiger partial charge >= 0.3 is 0 Å². The van der Waals surface area contributed by atoms with Gasteiger partial charge in [-0.3, -0.25) is 0 Å². The summed E-state index contributed by atoms with van der Waals surface area (Å²) in [6.45, 7) is 5.89. The van der Waals surface area contributed by atoms with Gasteiger partial charge in [0.05, 0.1) is 79.3 Å². The first-order chi connectivity index (χ1) is 10.4. The molecule has 0 rings (SSSR count). The van der Waals surface area contributed by atoms with Crippen LogP contribution in [-0.4, -0.2) is 79.3 Å². The van der Waals surface area contributed by atoms with E-state index in [-0.39, 0.29) is 0 Å². The summed E-state index contributed by atoms with van der Waals surface area (Å²) in [5, 5.41) is 0. The molecule has 0 aromatic carbocycles. The molecule has 0 aliphatic rings. The molecule has 0 atom stereocenters. The SMILES string of the molecule is NOCCOCCOCCOCCOCCOCCON. The van der Waals surface area contributed by atoms with Gasteiger partial charge in [-0.1, -0.05) is 0 Å². The number of ether oxygens (including phenoxy) is 5. The summed E-state index contributed by atoms with van der Waals surface area (Å²) in [5.74, 6) is 9.68. The molecule has 0 heterocycles. The van der Waals surface area contributed by atoms with Crippen molar-refractivity contribution >= 4 is 0 Å². The fourth-order valence-corrected chi connectivity index (χ4v) is 1.20. The van der Waals surface area contributed by atoms with Crippen molar-refractivity contribution in [2.45, 2.75) is 0 Å². The van der Waals surface area contributed by atoms with Crippen molar-refractivity contribution in [3.63, 3.8) is 0 Å². The molecular formula is C12H28N2O7. The zero-order chi connectivity index (χ0) is 15.4. The molecule has 0 fully saturated rings. The monoisotopic (exact) mass is 312 g/mol. The molecule has 0 amide bonds. The van der Waals surface area contributed by atoms with E-state index in [1.54, 1.807) is 0 Å². The maximum atomic E-state index is 5.32. The van der Waals surface area contributed by atoms with E-state index >= 15 is 0 Å². The van der Waals surface area contributed by atoms with E-state index < -0.39 is 0 Å². The first-order valence-corrected chi connectivity index (χ1v) is 6.94. The van der Waals surface area contributed by atoms with Crippen molar-refractivity contribution in [3.05, 3.63) is 0 Å². The van der Waals surface area contributed by atoms with Crippen LogP contribution in [0.5, 0.6) is 0 Å². The van der Waals surface area contributed by atoms with Gasteiger partial charge in [0.1, 0.15) is 0 Å². The molecule has 0 spiro atoms. The molecule has 0 saturated carbocycles. The van der Waals surface area contributed by atoms with Crippen LogP contribution in [0.4, 0.5) is 0 Å². The largest absolute Gasteiger partial charge is 0.377 e. The Bertz CT molecular complexity index is 171. The van der Waals surface area contributed by atoms with Gasteiger partial charge in [0.15, 0.2) is 0 Å². The van der Waals surface area contributed by atoms with Crippen molar-refractivity contribution < 1.29 is 33.4 Å². The van der Waals surface area contributed by atoms with E-state index in [0.717, 1.165) is 0 Å². The van der Waals surface area contributed by atoms with Crippen LogP contribution >= 0.6 is 0 Å². The third kappa shape index (κ3) is 19.6. The van der Waals surface area contributed by atoms with Crippen LogP contribution in [0, 0.1) is 0 Å². The highest BCUT2D eigenvalue weighted by Gasteiger charge is 1.93. The smallest absolute Gasteiger partial charge is 0.0913 e. The summed E-state index contributed by atoms with van der Waals surface area (Å²) >= 11 is 0. The first kappa shape index (κ1) is 20.6. The number of nitrogens with two attached hydrogens (primary N) is 2. The lowest BCUT2D eigenvalue weighted by Crippen LogP contribution is -2.15. The third-order valence-corrected chi connectivity index (χ3v) is 2.18. The summed E-state index contributed by atoms with van der Waals surface area (Å²) in [4.78, 5) is 8.70. The lowest BCUT2D eigenvalue weighted by atomic mass is 10.7. The molecule has 0 aliphatic heterocycles. The van der Waals surface area contributed by atoms with Crippen molar-refractivity contribution in [1.29, 1.82) is 0 Å². The molecular weight excluding hydrogens is 284 g/mol. The molecule has 0 aromatic rings. The Labute approximate surface area is 125 Å². The quantitative estimate of drug-likeness (QED) is 0.239. The third-order valence-electron chi connectivity index (χ3n) is 2.18. The lowest BCUT2D eigenvalue weighted by molar-refractivity contribution is -0.0206. The van der Waals surface area contributed by atoms with Crippen LogP contribution in [-0.2, 0) is 33.4 Å². The minimum atomic E-state index is 0.384. The number of hydrogen-bond acceptors (Lipinski definition) is 9. The van der Waals surface area contributed by atoms with Crippen molar-refractivity contribution in [3.8, 4) is 0 Å². The Kier molecular flexibility index (Phi) is 19.3. The van der Waals surface area contributed by atoms with Crippen LogP contribution in [0.15, 0.2) is 0 Å². The molecule has 0 radical (unpaired) electrons. The highest BCUT2D eigenvalue weighted by Crippen LogP contribution is 1.84. The second-order valence-electron chi connectivity index (χ2n) is 3.80. The summed E-state index contributed by atoms with van der Waals surface area (Å²) in [7, 11) is 0. The lowest BCUT2D eigenvalue weighted by Gasteiger charge is -2.07. The standard InChI is InChI=1S/C12H28N2O7/c13-20-11-9-18-7-5-16-3-1-15-2-4-17-6-8-19-10-12-21-14/h1-14H2. The molecule has 0 aromatic heterocycles. The minimum absolute atomic E-state index is 0.384. The Morgan fingerprint density at radius 2 is 0.524 bits per heavy atom.